The average Bonchev–Trinajstić information content (AvgIpc) is 3.64. The van der Waals surface area contributed by atoms with Crippen LogP contribution in [0.4, 0.5) is 0 Å². The first-order valence-corrected chi connectivity index (χ1v) is 32.1. The zero-order valence-electron chi connectivity index (χ0n) is 32.4. The zero-order valence-corrected chi connectivity index (χ0v) is 37.9. The van der Waals surface area contributed by atoms with Gasteiger partial charge in [-0.1, -0.05) is 0 Å². The van der Waals surface area contributed by atoms with Gasteiger partial charge in [-0.15, -0.1) is 24.8 Å². The summed E-state index contributed by atoms with van der Waals surface area (Å²) in [6.07, 6.45) is 7.53. The van der Waals surface area contributed by atoms with E-state index in [1.165, 1.54) is 50.9 Å². The third-order valence-corrected chi connectivity index (χ3v) is 29.3. The molecule has 0 spiro atoms. The summed E-state index contributed by atoms with van der Waals surface area (Å²) in [5.74, 6) is 0.554. The maximum atomic E-state index is 2.80. The number of halogens is 2. The van der Waals surface area contributed by atoms with Crippen LogP contribution in [0.15, 0.2) is 96.1 Å². The molecule has 0 aliphatic heterocycles. The van der Waals surface area contributed by atoms with E-state index in [1.807, 2.05) is 0 Å². The molecule has 4 aromatic rings. The van der Waals surface area contributed by atoms with Crippen molar-refractivity contribution in [2.24, 2.45) is 5.92 Å². The summed E-state index contributed by atoms with van der Waals surface area (Å²) in [7, 11) is 0. The van der Waals surface area contributed by atoms with E-state index >= 15 is 0 Å². The van der Waals surface area contributed by atoms with E-state index in [0.717, 1.165) is 6.42 Å². The molecule has 3 unspecified atom stereocenters. The minimum atomic E-state index is -3.73. The summed E-state index contributed by atoms with van der Waals surface area (Å²) in [5, 5.41) is 0. The summed E-state index contributed by atoms with van der Waals surface area (Å²) < 4.78 is 6.64. The van der Waals surface area contributed by atoms with Crippen molar-refractivity contribution in [1.29, 1.82) is 0 Å². The van der Waals surface area contributed by atoms with Crippen LogP contribution in [-0.4, -0.2) is 6.88 Å². The molecule has 50 heavy (non-hydrogen) atoms. The average molecular weight is 803 g/mol. The summed E-state index contributed by atoms with van der Waals surface area (Å²) in [5.41, 5.74) is 18.0. The first-order valence-electron chi connectivity index (χ1n) is 18.4. The van der Waals surface area contributed by atoms with Crippen LogP contribution in [0.1, 0.15) is 116 Å². The van der Waals surface area contributed by atoms with Crippen LogP contribution in [-0.2, 0) is 28.2 Å². The Morgan fingerprint density at radius 3 is 1.44 bits per heavy atom. The molecule has 0 heterocycles. The van der Waals surface area contributed by atoms with Gasteiger partial charge in [-0.05, 0) is 0 Å². The van der Waals surface area contributed by atoms with Crippen molar-refractivity contribution < 1.29 is 17.4 Å². The Balaban J connectivity index is 0.00000281. The number of fused-ring (bicyclic) bond motifs is 2. The molecule has 0 saturated heterocycles. The molecular formula is C46H60Cl2SiZr. The van der Waals surface area contributed by atoms with Crippen molar-refractivity contribution in [3.8, 4) is 22.3 Å². The molecule has 4 aromatic carbocycles. The Kier molecular flexibility index (Phi) is 11.8. The molecule has 266 valence electrons. The number of benzene rings is 4. The van der Waals surface area contributed by atoms with E-state index in [4.69, 9.17) is 0 Å². The first-order chi connectivity index (χ1) is 22.4. The summed E-state index contributed by atoms with van der Waals surface area (Å²) in [6.45, 7) is 23.5. The van der Waals surface area contributed by atoms with E-state index < -0.39 is 17.4 Å². The largest absolute Gasteiger partial charge is 0.147 e. The molecule has 0 saturated carbocycles. The summed E-state index contributed by atoms with van der Waals surface area (Å²) in [6, 6.07) is 33.2. The molecule has 3 atom stereocenters. The van der Waals surface area contributed by atoms with Crippen LogP contribution in [0.3, 0.4) is 0 Å². The quantitative estimate of drug-likeness (QED) is 0.163. The Bertz CT molecular complexity index is 1990. The van der Waals surface area contributed by atoms with Gasteiger partial charge in [0.05, 0.1) is 0 Å². The number of allylic oxidation sites excluding steroid dienone is 2. The van der Waals surface area contributed by atoms with E-state index in [-0.39, 0.29) is 35.6 Å². The van der Waals surface area contributed by atoms with Gasteiger partial charge in [-0.2, -0.15) is 0 Å². The fraction of sp³-hybridized carbons (Fsp3) is 0.391. The molecular weight excluding hydrogens is 743 g/mol. The first kappa shape index (κ1) is 40.8. The second kappa shape index (κ2) is 14.5. The van der Waals surface area contributed by atoms with Gasteiger partial charge in [0.15, 0.2) is 0 Å². The second-order valence-electron chi connectivity index (χ2n) is 18.1. The summed E-state index contributed by atoms with van der Waals surface area (Å²) >= 11 is -3.73. The van der Waals surface area contributed by atoms with Gasteiger partial charge in [-0.3, -0.25) is 0 Å². The molecule has 2 aliphatic carbocycles. The fourth-order valence-corrected chi connectivity index (χ4v) is 28.9. The molecule has 0 aromatic heterocycles. The number of rotatable bonds is 7. The van der Waals surface area contributed by atoms with Crippen molar-refractivity contribution in [3.05, 3.63) is 129 Å². The third-order valence-electron chi connectivity index (χ3n) is 11.9. The van der Waals surface area contributed by atoms with Gasteiger partial charge in [0, 0.05) is 0 Å². The molecule has 0 fully saturated rings. The Morgan fingerprint density at radius 1 is 0.620 bits per heavy atom. The van der Waals surface area contributed by atoms with Gasteiger partial charge in [0.1, 0.15) is 0 Å². The van der Waals surface area contributed by atoms with Crippen LogP contribution in [0, 0.1) is 5.92 Å². The van der Waals surface area contributed by atoms with Crippen LogP contribution in [0.5, 0.6) is 0 Å². The van der Waals surface area contributed by atoms with E-state index in [1.54, 1.807) is 22.3 Å². The van der Waals surface area contributed by atoms with Gasteiger partial charge in [0.25, 0.3) is 0 Å². The van der Waals surface area contributed by atoms with Crippen molar-refractivity contribution in [3.63, 3.8) is 0 Å². The van der Waals surface area contributed by atoms with Crippen LogP contribution >= 0.6 is 24.8 Å². The Hall–Kier alpha value is -1.96. The molecule has 0 N–H and O–H groups in total. The molecule has 0 nitrogen and oxygen atoms in total. The van der Waals surface area contributed by atoms with Crippen LogP contribution in [0.2, 0.25) is 9.26 Å². The number of hydrogen-bond acceptors (Lipinski definition) is 0. The fourth-order valence-electron chi connectivity index (χ4n) is 9.01. The molecule has 0 bridgehead atoms. The van der Waals surface area contributed by atoms with Crippen molar-refractivity contribution in [1.82, 2.24) is 0 Å². The maximum Gasteiger partial charge on any atom is -0.147 e. The molecule has 4 heteroatoms. The van der Waals surface area contributed by atoms with Gasteiger partial charge in [0.2, 0.25) is 0 Å². The minimum Gasteiger partial charge on any atom is -0.147 e. The zero-order chi connectivity index (χ0) is 34.8. The minimum absolute atomic E-state index is 0. The third kappa shape index (κ3) is 7.18. The van der Waals surface area contributed by atoms with Gasteiger partial charge in [-0.25, -0.2) is 0 Å². The monoisotopic (exact) mass is 800 g/mol. The standard InChI is InChI=1S/C23H27.C21H23.2CH3.2ClH.H2Si.Zr/c1-6-16(2)19-14-18-8-7-9-21(22(18)15-19)17-10-12-20(13-11-17)23(3,4)5;1-5-15-13-17-7-6-8-19(20(17)14-15)16-9-11-18(12-10-16)21(2,3)4;;;;;;/h7-16H,6H2,1-5H3;6-14H,5H2,1-4H3;2*1H3;2*1H;1H2;. The Morgan fingerprint density at radius 2 is 1.04 bits per heavy atom. The molecule has 6 rings (SSSR count). The number of hydrogen-bond donors (Lipinski definition) is 0. The maximum absolute atomic E-state index is 3.73. The van der Waals surface area contributed by atoms with Crippen molar-refractivity contribution in [2.45, 2.75) is 103 Å². The molecule has 2 aliphatic rings. The second-order valence-corrected chi connectivity index (χ2v) is 48.6. The normalized spacial score (nSPS) is 17.9. The van der Waals surface area contributed by atoms with Gasteiger partial charge >= 0.3 is 297 Å². The van der Waals surface area contributed by atoms with Crippen molar-refractivity contribution >= 4 is 43.8 Å². The van der Waals surface area contributed by atoms with Crippen molar-refractivity contribution in [2.75, 3.05) is 0 Å². The smallest absolute Gasteiger partial charge is 0.147 e. The molecule has 0 amide bonds. The molecule has 0 radical (unpaired) electrons. The van der Waals surface area contributed by atoms with E-state index in [9.17, 15) is 0 Å². The Labute approximate surface area is 319 Å². The predicted molar refractivity (Wildman–Crippen MR) is 227 cm³/mol. The van der Waals surface area contributed by atoms with E-state index in [0.29, 0.717) is 13.2 Å². The summed E-state index contributed by atoms with van der Waals surface area (Å²) in [4.78, 5) is 0. The topological polar surface area (TPSA) is 0 Å². The van der Waals surface area contributed by atoms with E-state index in [2.05, 4.69) is 176 Å². The SMILES string of the molecule is CCC1=Cc2c(-c3ccc(C(C)(C)C)cc3)cccc2[CH]1[Zr]([CH3])([CH3])(=[SiH2])[CH]1C(C(C)CC)=Cc2c(-c3ccc(C(C)(C)C)cc3)cccc21.Cl.Cl. The van der Waals surface area contributed by atoms with Gasteiger partial charge < -0.3 is 0 Å². The van der Waals surface area contributed by atoms with Crippen LogP contribution < -0.4 is 0 Å². The van der Waals surface area contributed by atoms with Crippen LogP contribution in [0.25, 0.3) is 34.4 Å². The predicted octanol–water partition coefficient (Wildman–Crippen LogP) is 13.8.